The van der Waals surface area contributed by atoms with Crippen LogP contribution in [0.25, 0.3) is 33.4 Å². The summed E-state index contributed by atoms with van der Waals surface area (Å²) < 4.78 is 14.3. The lowest BCUT2D eigenvalue weighted by atomic mass is 10.0. The second-order valence-corrected chi connectivity index (χ2v) is 7.17. The van der Waals surface area contributed by atoms with Gasteiger partial charge in [0.05, 0.1) is 11.1 Å². The average molecular weight is 402 g/mol. The number of halogens is 1. The highest BCUT2D eigenvalue weighted by atomic mass is 19.1. The van der Waals surface area contributed by atoms with Crippen molar-refractivity contribution in [1.82, 2.24) is 9.97 Å². The molecule has 6 heteroatoms. The number of aromatic nitrogens is 2. The Morgan fingerprint density at radius 3 is 2.57 bits per heavy atom. The van der Waals surface area contributed by atoms with Crippen molar-refractivity contribution in [1.29, 1.82) is 0 Å². The van der Waals surface area contributed by atoms with Crippen LogP contribution in [-0.4, -0.2) is 27.7 Å². The molecule has 0 aliphatic rings. The van der Waals surface area contributed by atoms with E-state index in [1.54, 1.807) is 30.3 Å². The van der Waals surface area contributed by atoms with Crippen LogP contribution in [0.1, 0.15) is 13.3 Å². The molecule has 4 aromatic rings. The van der Waals surface area contributed by atoms with Gasteiger partial charge in [-0.25, -0.2) is 14.4 Å². The molecule has 0 saturated carbocycles. The van der Waals surface area contributed by atoms with E-state index in [2.05, 4.69) is 15.3 Å². The first-order valence-corrected chi connectivity index (χ1v) is 9.91. The number of hydrogen-bond donors (Lipinski definition) is 3. The van der Waals surface area contributed by atoms with Gasteiger partial charge in [0.25, 0.3) is 0 Å². The number of rotatable bonds is 6. The Hall–Kier alpha value is -3.51. The molecule has 3 aromatic carbocycles. The van der Waals surface area contributed by atoms with Crippen LogP contribution in [0.5, 0.6) is 5.75 Å². The normalized spacial score (nSPS) is 12.1. The maximum atomic E-state index is 14.3. The predicted octanol–water partition coefficient (Wildman–Crippen LogP) is 4.96. The first-order chi connectivity index (χ1) is 14.6. The molecule has 0 spiro atoms. The zero-order chi connectivity index (χ0) is 21.1. The largest absolute Gasteiger partial charge is 0.507 e. The van der Waals surface area contributed by atoms with Crippen LogP contribution in [0.2, 0.25) is 0 Å². The molecule has 5 nitrogen and oxygen atoms in total. The fourth-order valence-corrected chi connectivity index (χ4v) is 3.28. The second kappa shape index (κ2) is 8.47. The van der Waals surface area contributed by atoms with Crippen molar-refractivity contribution in [3.8, 4) is 28.3 Å². The molecule has 0 fully saturated rings. The SMILES string of the molecule is CC[C@H](N)CNc1nc(-c2cc(-c3ccccc3F)ccc2O)nc2ccccc12. The van der Waals surface area contributed by atoms with Gasteiger partial charge >= 0.3 is 0 Å². The molecule has 4 rings (SSSR count). The predicted molar refractivity (Wildman–Crippen MR) is 119 cm³/mol. The van der Waals surface area contributed by atoms with Crippen molar-refractivity contribution < 1.29 is 9.50 Å². The Morgan fingerprint density at radius 1 is 1.00 bits per heavy atom. The number of nitrogens with zero attached hydrogens (tertiary/aromatic N) is 2. The average Bonchev–Trinajstić information content (AvgIpc) is 2.78. The Balaban J connectivity index is 1.83. The van der Waals surface area contributed by atoms with E-state index in [0.29, 0.717) is 34.9 Å². The van der Waals surface area contributed by atoms with Crippen molar-refractivity contribution >= 4 is 16.7 Å². The van der Waals surface area contributed by atoms with Gasteiger partial charge in [-0.2, -0.15) is 0 Å². The fraction of sp³-hybridized carbons (Fsp3) is 0.167. The number of para-hydroxylation sites is 1. The van der Waals surface area contributed by atoms with Gasteiger partial charge < -0.3 is 16.2 Å². The van der Waals surface area contributed by atoms with Gasteiger partial charge in [0, 0.05) is 23.5 Å². The molecule has 4 N–H and O–H groups in total. The molecule has 1 heterocycles. The quantitative estimate of drug-likeness (QED) is 0.425. The molecule has 0 amide bonds. The lowest BCUT2D eigenvalue weighted by Crippen LogP contribution is -2.28. The van der Waals surface area contributed by atoms with Gasteiger partial charge in [0.15, 0.2) is 5.82 Å². The summed E-state index contributed by atoms with van der Waals surface area (Å²) in [5, 5.41) is 14.7. The maximum Gasteiger partial charge on any atom is 0.165 e. The number of anilines is 1. The Kier molecular flexibility index (Phi) is 5.59. The van der Waals surface area contributed by atoms with E-state index < -0.39 is 0 Å². The molecule has 1 atom stereocenters. The Labute approximate surface area is 174 Å². The summed E-state index contributed by atoms with van der Waals surface area (Å²) in [6.45, 7) is 2.60. The van der Waals surface area contributed by atoms with Gasteiger partial charge in [-0.1, -0.05) is 43.3 Å². The summed E-state index contributed by atoms with van der Waals surface area (Å²) >= 11 is 0. The fourth-order valence-electron chi connectivity index (χ4n) is 3.28. The molecule has 152 valence electrons. The summed E-state index contributed by atoms with van der Waals surface area (Å²) in [6.07, 6.45) is 0.842. The van der Waals surface area contributed by atoms with E-state index in [1.165, 1.54) is 12.1 Å². The summed E-state index contributed by atoms with van der Waals surface area (Å²) in [6, 6.07) is 19.1. The highest BCUT2D eigenvalue weighted by molar-refractivity contribution is 5.91. The standard InChI is InChI=1S/C24H23FN4O/c1-2-16(26)14-27-23-18-8-4-6-10-21(18)28-24(29-23)19-13-15(11-12-22(19)30)17-7-3-5-9-20(17)25/h3-13,16,30H,2,14,26H2,1H3,(H,27,28,29)/t16-/m0/s1. The minimum atomic E-state index is -0.329. The second-order valence-electron chi connectivity index (χ2n) is 7.17. The molecular weight excluding hydrogens is 379 g/mol. The molecule has 0 unspecified atom stereocenters. The van der Waals surface area contributed by atoms with Gasteiger partial charge in [-0.05, 0) is 42.3 Å². The zero-order valence-corrected chi connectivity index (χ0v) is 16.6. The minimum Gasteiger partial charge on any atom is -0.507 e. The van der Waals surface area contributed by atoms with Crippen LogP contribution in [0, 0.1) is 5.82 Å². The van der Waals surface area contributed by atoms with E-state index >= 15 is 0 Å². The number of aromatic hydroxyl groups is 1. The van der Waals surface area contributed by atoms with Gasteiger partial charge in [-0.3, -0.25) is 0 Å². The molecule has 0 saturated heterocycles. The summed E-state index contributed by atoms with van der Waals surface area (Å²) in [5.41, 5.74) is 8.32. The van der Waals surface area contributed by atoms with Crippen LogP contribution in [0.15, 0.2) is 66.7 Å². The number of phenolic OH excluding ortho intramolecular Hbond substituents is 1. The zero-order valence-electron chi connectivity index (χ0n) is 16.6. The monoisotopic (exact) mass is 402 g/mol. The van der Waals surface area contributed by atoms with E-state index in [4.69, 9.17) is 5.73 Å². The maximum absolute atomic E-state index is 14.3. The third-order valence-electron chi connectivity index (χ3n) is 5.08. The Morgan fingerprint density at radius 2 is 1.77 bits per heavy atom. The van der Waals surface area contributed by atoms with Gasteiger partial charge in [-0.15, -0.1) is 0 Å². The number of fused-ring (bicyclic) bond motifs is 1. The highest BCUT2D eigenvalue weighted by Crippen LogP contribution is 2.34. The van der Waals surface area contributed by atoms with E-state index in [0.717, 1.165) is 17.3 Å². The molecule has 30 heavy (non-hydrogen) atoms. The van der Waals surface area contributed by atoms with Crippen LogP contribution in [0.4, 0.5) is 10.2 Å². The molecule has 1 aromatic heterocycles. The smallest absolute Gasteiger partial charge is 0.165 e. The number of benzene rings is 3. The first-order valence-electron chi connectivity index (χ1n) is 9.91. The molecule has 0 bridgehead atoms. The number of hydrogen-bond acceptors (Lipinski definition) is 5. The molecule has 0 aliphatic heterocycles. The van der Waals surface area contributed by atoms with Gasteiger partial charge in [0.2, 0.25) is 0 Å². The topological polar surface area (TPSA) is 84.1 Å². The van der Waals surface area contributed by atoms with E-state index in [9.17, 15) is 9.50 Å². The van der Waals surface area contributed by atoms with Crippen LogP contribution in [0.3, 0.4) is 0 Å². The first kappa shape index (κ1) is 19.8. The van der Waals surface area contributed by atoms with Crippen molar-refractivity contribution in [3.63, 3.8) is 0 Å². The number of phenols is 1. The van der Waals surface area contributed by atoms with Crippen molar-refractivity contribution in [2.45, 2.75) is 19.4 Å². The third-order valence-corrected chi connectivity index (χ3v) is 5.08. The molecule has 0 radical (unpaired) electrons. The van der Waals surface area contributed by atoms with Crippen molar-refractivity contribution in [3.05, 3.63) is 72.5 Å². The van der Waals surface area contributed by atoms with Crippen molar-refractivity contribution in [2.75, 3.05) is 11.9 Å². The molecule has 0 aliphatic carbocycles. The molecular formula is C24H23FN4O. The summed E-state index contributed by atoms with van der Waals surface area (Å²) in [7, 11) is 0. The van der Waals surface area contributed by atoms with Gasteiger partial charge in [0.1, 0.15) is 17.4 Å². The lowest BCUT2D eigenvalue weighted by molar-refractivity contribution is 0.477. The third kappa shape index (κ3) is 3.95. The minimum absolute atomic E-state index is 0.0000333. The van der Waals surface area contributed by atoms with Crippen LogP contribution < -0.4 is 11.1 Å². The summed E-state index contributed by atoms with van der Waals surface area (Å²) in [5.74, 6) is 0.707. The van der Waals surface area contributed by atoms with Crippen LogP contribution >= 0.6 is 0 Å². The highest BCUT2D eigenvalue weighted by Gasteiger charge is 2.15. The lowest BCUT2D eigenvalue weighted by Gasteiger charge is -2.15. The van der Waals surface area contributed by atoms with Crippen molar-refractivity contribution in [2.24, 2.45) is 5.73 Å². The Bertz CT molecular complexity index is 1190. The summed E-state index contributed by atoms with van der Waals surface area (Å²) in [4.78, 5) is 9.30. The van der Waals surface area contributed by atoms with Crippen LogP contribution in [-0.2, 0) is 0 Å². The number of nitrogens with two attached hydrogens (primary N) is 1. The van der Waals surface area contributed by atoms with E-state index in [-0.39, 0.29) is 17.6 Å². The number of nitrogens with one attached hydrogen (secondary N) is 1. The van der Waals surface area contributed by atoms with E-state index in [1.807, 2.05) is 31.2 Å².